The Hall–Kier alpha value is -0.420. The number of ketones is 1. The van der Waals surface area contributed by atoms with Crippen molar-refractivity contribution in [3.63, 3.8) is 0 Å². The fourth-order valence-corrected chi connectivity index (χ4v) is 2.29. The summed E-state index contributed by atoms with van der Waals surface area (Å²) in [6.07, 6.45) is 0.915. The third-order valence-corrected chi connectivity index (χ3v) is 3.32. The van der Waals surface area contributed by atoms with Crippen molar-refractivity contribution in [3.8, 4) is 0 Å². The summed E-state index contributed by atoms with van der Waals surface area (Å²) in [7, 11) is -3.26. The molecule has 0 radical (unpaired) electrons. The van der Waals surface area contributed by atoms with E-state index in [1.54, 1.807) is 20.8 Å². The molecule has 0 aromatic carbocycles. The number of hydrogen-bond donors (Lipinski definition) is 1. The van der Waals surface area contributed by atoms with Crippen molar-refractivity contribution in [2.24, 2.45) is 0 Å². The Morgan fingerprint density at radius 3 is 2.31 bits per heavy atom. The highest BCUT2D eigenvalue weighted by atomic mass is 32.2. The van der Waals surface area contributed by atoms with Gasteiger partial charge in [-0.05, 0) is 13.3 Å². The lowest BCUT2D eigenvalue weighted by atomic mass is 10.2. The predicted octanol–water partition coefficient (Wildman–Crippen LogP) is 0.683. The van der Waals surface area contributed by atoms with Gasteiger partial charge in [0.2, 0.25) is 10.0 Å². The van der Waals surface area contributed by atoms with Crippen molar-refractivity contribution < 1.29 is 13.2 Å². The first-order valence-corrected chi connectivity index (χ1v) is 6.10. The summed E-state index contributed by atoms with van der Waals surface area (Å²) in [4.78, 5) is 11.1. The van der Waals surface area contributed by atoms with Gasteiger partial charge in [0.05, 0.1) is 11.8 Å². The zero-order valence-corrected chi connectivity index (χ0v) is 9.15. The molecule has 0 aliphatic carbocycles. The van der Waals surface area contributed by atoms with Crippen molar-refractivity contribution in [1.29, 1.82) is 0 Å². The summed E-state index contributed by atoms with van der Waals surface area (Å²) in [5.41, 5.74) is 0. The zero-order valence-electron chi connectivity index (χ0n) is 8.33. The molecule has 0 saturated carbocycles. The van der Waals surface area contributed by atoms with E-state index in [-0.39, 0.29) is 11.5 Å². The highest BCUT2D eigenvalue weighted by molar-refractivity contribution is 7.89. The predicted molar refractivity (Wildman–Crippen MR) is 52.0 cm³/mol. The average molecular weight is 207 g/mol. The molecule has 0 aromatic heterocycles. The summed E-state index contributed by atoms with van der Waals surface area (Å²) in [6.45, 7) is 5.07. The van der Waals surface area contributed by atoms with Crippen molar-refractivity contribution in [2.75, 3.05) is 5.75 Å². The summed E-state index contributed by atoms with van der Waals surface area (Å²) >= 11 is 0. The van der Waals surface area contributed by atoms with Crippen LogP contribution in [-0.4, -0.2) is 26.0 Å². The molecule has 0 fully saturated rings. The molecular formula is C8H17NO3S. The lowest BCUT2D eigenvalue weighted by Crippen LogP contribution is -2.39. The van der Waals surface area contributed by atoms with Crippen molar-refractivity contribution in [3.05, 3.63) is 0 Å². The molecule has 0 bridgehead atoms. The standard InChI is InChI=1S/C8H17NO3S/c1-4-6-13(11,12)9-7(3)8(10)5-2/h7,9H,4-6H2,1-3H3. The molecule has 0 saturated heterocycles. The molecule has 0 spiro atoms. The summed E-state index contributed by atoms with van der Waals surface area (Å²) in [6, 6.07) is -0.596. The van der Waals surface area contributed by atoms with Crippen LogP contribution in [0.15, 0.2) is 0 Å². The maximum Gasteiger partial charge on any atom is 0.212 e. The van der Waals surface area contributed by atoms with E-state index in [2.05, 4.69) is 4.72 Å². The van der Waals surface area contributed by atoms with Crippen LogP contribution >= 0.6 is 0 Å². The Bertz CT molecular complexity index is 259. The molecule has 4 nitrogen and oxygen atoms in total. The Balaban J connectivity index is 4.20. The van der Waals surface area contributed by atoms with Crippen LogP contribution in [0.1, 0.15) is 33.6 Å². The second-order valence-electron chi connectivity index (χ2n) is 2.98. The molecule has 0 heterocycles. The molecule has 5 heteroatoms. The maximum absolute atomic E-state index is 11.2. The van der Waals surface area contributed by atoms with E-state index >= 15 is 0 Å². The summed E-state index contributed by atoms with van der Waals surface area (Å²) in [5.74, 6) is -0.00592. The summed E-state index contributed by atoms with van der Waals surface area (Å²) < 4.78 is 24.7. The Morgan fingerprint density at radius 2 is 1.92 bits per heavy atom. The number of sulfonamides is 1. The molecule has 0 aromatic rings. The van der Waals surface area contributed by atoms with E-state index in [9.17, 15) is 13.2 Å². The topological polar surface area (TPSA) is 63.2 Å². The molecule has 13 heavy (non-hydrogen) atoms. The van der Waals surface area contributed by atoms with E-state index < -0.39 is 16.1 Å². The number of hydrogen-bond acceptors (Lipinski definition) is 3. The fourth-order valence-electron chi connectivity index (χ4n) is 0.969. The van der Waals surface area contributed by atoms with Gasteiger partial charge in [-0.1, -0.05) is 13.8 Å². The van der Waals surface area contributed by atoms with Gasteiger partial charge in [-0.15, -0.1) is 0 Å². The van der Waals surface area contributed by atoms with Crippen LogP contribution in [0, 0.1) is 0 Å². The van der Waals surface area contributed by atoms with Gasteiger partial charge in [0.1, 0.15) is 5.78 Å². The lowest BCUT2D eigenvalue weighted by molar-refractivity contribution is -0.119. The first-order valence-electron chi connectivity index (χ1n) is 4.45. The number of nitrogens with one attached hydrogen (secondary N) is 1. The van der Waals surface area contributed by atoms with Gasteiger partial charge >= 0.3 is 0 Å². The normalized spacial score (nSPS) is 14.1. The van der Waals surface area contributed by atoms with Crippen LogP contribution in [0.2, 0.25) is 0 Å². The summed E-state index contributed by atoms with van der Waals surface area (Å²) in [5, 5.41) is 0. The van der Waals surface area contributed by atoms with Gasteiger partial charge in [0.25, 0.3) is 0 Å². The number of carbonyl (C=O) groups is 1. The highest BCUT2D eigenvalue weighted by Crippen LogP contribution is 1.95. The van der Waals surface area contributed by atoms with Gasteiger partial charge in [0.15, 0.2) is 0 Å². The number of rotatable bonds is 6. The van der Waals surface area contributed by atoms with E-state index in [1.165, 1.54) is 0 Å². The van der Waals surface area contributed by atoms with Crippen LogP contribution in [-0.2, 0) is 14.8 Å². The van der Waals surface area contributed by atoms with Gasteiger partial charge in [-0.3, -0.25) is 4.79 Å². The molecule has 1 atom stereocenters. The minimum absolute atomic E-state index is 0.0777. The van der Waals surface area contributed by atoms with Crippen LogP contribution in [0.4, 0.5) is 0 Å². The first kappa shape index (κ1) is 12.6. The van der Waals surface area contributed by atoms with E-state index in [0.29, 0.717) is 12.8 Å². The minimum atomic E-state index is -3.26. The van der Waals surface area contributed by atoms with E-state index in [0.717, 1.165) is 0 Å². The van der Waals surface area contributed by atoms with Gasteiger partial charge in [-0.2, -0.15) is 0 Å². The third-order valence-electron chi connectivity index (χ3n) is 1.66. The highest BCUT2D eigenvalue weighted by Gasteiger charge is 2.17. The third kappa shape index (κ3) is 5.00. The largest absolute Gasteiger partial charge is 0.298 e. The van der Waals surface area contributed by atoms with Crippen LogP contribution in [0.5, 0.6) is 0 Å². The molecular weight excluding hydrogens is 190 g/mol. The molecule has 0 amide bonds. The number of carbonyl (C=O) groups excluding carboxylic acids is 1. The van der Waals surface area contributed by atoms with E-state index in [1.807, 2.05) is 0 Å². The van der Waals surface area contributed by atoms with Crippen LogP contribution in [0.3, 0.4) is 0 Å². The van der Waals surface area contributed by atoms with E-state index in [4.69, 9.17) is 0 Å². The Labute approximate surface area is 79.8 Å². The Kier molecular flexibility index (Phi) is 5.17. The SMILES string of the molecule is CCCS(=O)(=O)NC(C)C(=O)CC. The van der Waals surface area contributed by atoms with Crippen molar-refractivity contribution in [1.82, 2.24) is 4.72 Å². The van der Waals surface area contributed by atoms with Crippen molar-refractivity contribution in [2.45, 2.75) is 39.7 Å². The fraction of sp³-hybridized carbons (Fsp3) is 0.875. The second kappa shape index (κ2) is 5.34. The molecule has 1 N–H and O–H groups in total. The number of Topliss-reactive ketones (excluding diaryl/α,β-unsaturated/α-hetero) is 1. The van der Waals surface area contributed by atoms with Crippen LogP contribution < -0.4 is 4.72 Å². The minimum Gasteiger partial charge on any atom is -0.298 e. The first-order chi connectivity index (χ1) is 5.93. The molecule has 78 valence electrons. The molecule has 1 unspecified atom stereocenters. The lowest BCUT2D eigenvalue weighted by Gasteiger charge is -2.11. The monoisotopic (exact) mass is 207 g/mol. The Morgan fingerprint density at radius 1 is 1.38 bits per heavy atom. The molecule has 0 rings (SSSR count). The smallest absolute Gasteiger partial charge is 0.212 e. The second-order valence-corrected chi connectivity index (χ2v) is 4.85. The van der Waals surface area contributed by atoms with Crippen molar-refractivity contribution >= 4 is 15.8 Å². The zero-order chi connectivity index (χ0) is 10.5. The van der Waals surface area contributed by atoms with Crippen LogP contribution in [0.25, 0.3) is 0 Å². The van der Waals surface area contributed by atoms with Gasteiger partial charge < -0.3 is 0 Å². The van der Waals surface area contributed by atoms with Gasteiger partial charge in [-0.25, -0.2) is 13.1 Å². The quantitative estimate of drug-likeness (QED) is 0.696. The molecule has 0 aliphatic heterocycles. The van der Waals surface area contributed by atoms with Gasteiger partial charge in [0, 0.05) is 6.42 Å². The molecule has 0 aliphatic rings. The maximum atomic E-state index is 11.2. The average Bonchev–Trinajstić information content (AvgIpc) is 2.01.